The van der Waals surface area contributed by atoms with E-state index in [1.165, 1.54) is 10.4 Å². The zero-order valence-corrected chi connectivity index (χ0v) is 15.6. The van der Waals surface area contributed by atoms with Gasteiger partial charge in [0, 0.05) is 31.5 Å². The SMILES string of the molecule is Cc1ccc(NC(=O)c2cc(S(=O)(=O)N3CCCC3)c(C)n2C)cc1. The Hall–Kier alpha value is -2.12. The lowest BCUT2D eigenvalue weighted by Gasteiger charge is -2.15. The van der Waals surface area contributed by atoms with Crippen molar-refractivity contribution in [3.05, 3.63) is 47.3 Å². The number of amides is 1. The van der Waals surface area contributed by atoms with Gasteiger partial charge < -0.3 is 9.88 Å². The summed E-state index contributed by atoms with van der Waals surface area (Å²) in [5, 5.41) is 2.82. The highest BCUT2D eigenvalue weighted by atomic mass is 32.2. The maximum Gasteiger partial charge on any atom is 0.272 e. The number of rotatable bonds is 4. The van der Waals surface area contributed by atoms with E-state index in [4.69, 9.17) is 0 Å². The van der Waals surface area contributed by atoms with E-state index in [1.54, 1.807) is 18.5 Å². The topological polar surface area (TPSA) is 71.4 Å². The van der Waals surface area contributed by atoms with Crippen molar-refractivity contribution < 1.29 is 13.2 Å². The predicted octanol–water partition coefficient (Wildman–Crippen LogP) is 2.68. The van der Waals surface area contributed by atoms with Crippen molar-refractivity contribution in [3.8, 4) is 0 Å². The summed E-state index contributed by atoms with van der Waals surface area (Å²) in [6.07, 6.45) is 1.76. The Kier molecular flexibility index (Phi) is 4.71. The molecule has 1 aliphatic heterocycles. The molecule has 0 saturated carbocycles. The summed E-state index contributed by atoms with van der Waals surface area (Å²) in [5.74, 6) is -0.322. The number of benzene rings is 1. The van der Waals surface area contributed by atoms with E-state index >= 15 is 0 Å². The van der Waals surface area contributed by atoms with Gasteiger partial charge in [-0.05, 0) is 44.9 Å². The van der Waals surface area contributed by atoms with Crippen LogP contribution in [0.5, 0.6) is 0 Å². The van der Waals surface area contributed by atoms with Gasteiger partial charge in [-0.15, -0.1) is 0 Å². The molecule has 3 rings (SSSR count). The zero-order chi connectivity index (χ0) is 18.2. The minimum atomic E-state index is -3.55. The van der Waals surface area contributed by atoms with Crippen LogP contribution in [0.4, 0.5) is 5.69 Å². The second-order valence-corrected chi connectivity index (χ2v) is 8.38. The number of hydrogen-bond donors (Lipinski definition) is 1. The molecule has 1 fully saturated rings. The number of nitrogens with one attached hydrogen (secondary N) is 1. The molecule has 134 valence electrons. The number of sulfonamides is 1. The van der Waals surface area contributed by atoms with Crippen LogP contribution in [0, 0.1) is 13.8 Å². The summed E-state index contributed by atoms with van der Waals surface area (Å²) in [6.45, 7) is 4.79. The minimum Gasteiger partial charge on any atom is -0.343 e. The first-order chi connectivity index (χ1) is 11.8. The molecule has 1 saturated heterocycles. The fourth-order valence-corrected chi connectivity index (χ4v) is 4.84. The lowest BCUT2D eigenvalue weighted by Crippen LogP contribution is -2.28. The summed E-state index contributed by atoms with van der Waals surface area (Å²) < 4.78 is 28.8. The molecule has 25 heavy (non-hydrogen) atoms. The third-order valence-corrected chi connectivity index (χ3v) is 6.73. The number of carbonyl (C=O) groups is 1. The van der Waals surface area contributed by atoms with Gasteiger partial charge in [0.25, 0.3) is 5.91 Å². The molecular formula is C18H23N3O3S. The summed E-state index contributed by atoms with van der Waals surface area (Å²) >= 11 is 0. The van der Waals surface area contributed by atoms with Crippen LogP contribution in [-0.4, -0.2) is 36.3 Å². The Balaban J connectivity index is 1.90. The first-order valence-electron chi connectivity index (χ1n) is 8.35. The van der Waals surface area contributed by atoms with Crippen molar-refractivity contribution in [2.45, 2.75) is 31.6 Å². The number of hydrogen-bond acceptors (Lipinski definition) is 3. The second kappa shape index (κ2) is 6.65. The zero-order valence-electron chi connectivity index (χ0n) is 14.7. The van der Waals surface area contributed by atoms with Crippen LogP contribution in [0.3, 0.4) is 0 Å². The fraction of sp³-hybridized carbons (Fsp3) is 0.389. The molecule has 0 bridgehead atoms. The van der Waals surface area contributed by atoms with Crippen molar-refractivity contribution in [2.24, 2.45) is 7.05 Å². The van der Waals surface area contributed by atoms with E-state index in [9.17, 15) is 13.2 Å². The van der Waals surface area contributed by atoms with Crippen LogP contribution in [0.25, 0.3) is 0 Å². The molecule has 1 aromatic heterocycles. The van der Waals surface area contributed by atoms with Gasteiger partial charge in [-0.2, -0.15) is 4.31 Å². The number of nitrogens with zero attached hydrogens (tertiary/aromatic N) is 2. The molecule has 0 aliphatic carbocycles. The molecule has 2 heterocycles. The maximum atomic E-state index is 12.8. The van der Waals surface area contributed by atoms with Crippen LogP contribution in [-0.2, 0) is 17.1 Å². The average Bonchev–Trinajstić information content (AvgIpc) is 3.20. The molecular weight excluding hydrogens is 338 g/mol. The lowest BCUT2D eigenvalue weighted by molar-refractivity contribution is 0.101. The molecule has 1 amide bonds. The van der Waals surface area contributed by atoms with Gasteiger partial charge in [-0.25, -0.2) is 8.42 Å². The first kappa shape index (κ1) is 17.7. The molecule has 0 spiro atoms. The monoisotopic (exact) mass is 361 g/mol. The van der Waals surface area contributed by atoms with E-state index in [-0.39, 0.29) is 10.8 Å². The van der Waals surface area contributed by atoms with Gasteiger partial charge in [0.2, 0.25) is 10.0 Å². The Morgan fingerprint density at radius 1 is 1.08 bits per heavy atom. The third kappa shape index (κ3) is 3.34. The van der Waals surface area contributed by atoms with Crippen molar-refractivity contribution >= 4 is 21.6 Å². The second-order valence-electron chi connectivity index (χ2n) is 6.47. The van der Waals surface area contributed by atoms with E-state index in [2.05, 4.69) is 5.32 Å². The number of aromatic nitrogens is 1. The van der Waals surface area contributed by atoms with E-state index in [1.807, 2.05) is 31.2 Å². The van der Waals surface area contributed by atoms with Gasteiger partial charge in [-0.1, -0.05) is 17.7 Å². The molecule has 0 unspecified atom stereocenters. The van der Waals surface area contributed by atoms with Crippen LogP contribution in [0.2, 0.25) is 0 Å². The number of aryl methyl sites for hydroxylation is 1. The molecule has 7 heteroatoms. The average molecular weight is 361 g/mol. The fourth-order valence-electron chi connectivity index (χ4n) is 3.05. The highest BCUT2D eigenvalue weighted by Gasteiger charge is 2.31. The van der Waals surface area contributed by atoms with Gasteiger partial charge in [-0.3, -0.25) is 4.79 Å². The lowest BCUT2D eigenvalue weighted by atomic mass is 10.2. The quantitative estimate of drug-likeness (QED) is 0.910. The molecule has 1 aromatic carbocycles. The number of carbonyl (C=O) groups excluding carboxylic acids is 1. The molecule has 6 nitrogen and oxygen atoms in total. The highest BCUT2D eigenvalue weighted by Crippen LogP contribution is 2.26. The Labute approximate surface area is 148 Å². The smallest absolute Gasteiger partial charge is 0.272 e. The van der Waals surface area contributed by atoms with E-state index in [0.717, 1.165) is 18.4 Å². The molecule has 0 atom stereocenters. The van der Waals surface area contributed by atoms with E-state index in [0.29, 0.717) is 30.2 Å². The van der Waals surface area contributed by atoms with Gasteiger partial charge >= 0.3 is 0 Å². The summed E-state index contributed by atoms with van der Waals surface area (Å²) in [6, 6.07) is 8.95. The van der Waals surface area contributed by atoms with Gasteiger partial charge in [0.05, 0.1) is 0 Å². The van der Waals surface area contributed by atoms with Crippen molar-refractivity contribution in [2.75, 3.05) is 18.4 Å². The van der Waals surface area contributed by atoms with Crippen LogP contribution in [0.15, 0.2) is 35.2 Å². The van der Waals surface area contributed by atoms with Crippen molar-refractivity contribution in [1.82, 2.24) is 8.87 Å². The molecule has 2 aromatic rings. The molecule has 0 radical (unpaired) electrons. The third-order valence-electron chi connectivity index (χ3n) is 4.71. The van der Waals surface area contributed by atoms with Crippen molar-refractivity contribution in [1.29, 1.82) is 0 Å². The first-order valence-corrected chi connectivity index (χ1v) is 9.79. The van der Waals surface area contributed by atoms with Crippen LogP contribution >= 0.6 is 0 Å². The normalized spacial score (nSPS) is 15.5. The minimum absolute atomic E-state index is 0.214. The maximum absolute atomic E-state index is 12.8. The summed E-state index contributed by atoms with van der Waals surface area (Å²) in [7, 11) is -1.84. The molecule has 1 N–H and O–H groups in total. The summed E-state index contributed by atoms with van der Waals surface area (Å²) in [4.78, 5) is 12.8. The molecule has 1 aliphatic rings. The largest absolute Gasteiger partial charge is 0.343 e. The Bertz CT molecular complexity index is 892. The summed E-state index contributed by atoms with van der Waals surface area (Å²) in [5.41, 5.74) is 2.68. The van der Waals surface area contributed by atoms with Gasteiger partial charge in [0.1, 0.15) is 10.6 Å². The van der Waals surface area contributed by atoms with Crippen LogP contribution < -0.4 is 5.32 Å². The Morgan fingerprint density at radius 3 is 2.28 bits per heavy atom. The Morgan fingerprint density at radius 2 is 1.68 bits per heavy atom. The van der Waals surface area contributed by atoms with Crippen LogP contribution in [0.1, 0.15) is 34.6 Å². The predicted molar refractivity (Wildman–Crippen MR) is 97.3 cm³/mol. The highest BCUT2D eigenvalue weighted by molar-refractivity contribution is 7.89. The number of anilines is 1. The standard InChI is InChI=1S/C18H23N3O3S/c1-13-6-8-15(9-7-13)19-18(22)16-12-17(14(2)20(16)3)25(23,24)21-10-4-5-11-21/h6-9,12H,4-5,10-11H2,1-3H3,(H,19,22). The van der Waals surface area contributed by atoms with E-state index < -0.39 is 10.0 Å². The van der Waals surface area contributed by atoms with Crippen molar-refractivity contribution in [3.63, 3.8) is 0 Å². The van der Waals surface area contributed by atoms with Gasteiger partial charge in [0.15, 0.2) is 0 Å².